The molecular formula is C10H16O8. The van der Waals surface area contributed by atoms with Gasteiger partial charge in [-0.25, -0.2) is 4.79 Å². The summed E-state index contributed by atoms with van der Waals surface area (Å²) in [5, 5.41) is 27.1. The van der Waals surface area contributed by atoms with E-state index in [0.717, 1.165) is 13.8 Å². The molecule has 0 spiro atoms. The van der Waals surface area contributed by atoms with Crippen LogP contribution < -0.4 is 0 Å². The first kappa shape index (κ1) is 16.5. The van der Waals surface area contributed by atoms with Crippen molar-refractivity contribution in [2.24, 2.45) is 0 Å². The molecule has 0 heterocycles. The van der Waals surface area contributed by atoms with Gasteiger partial charge in [-0.1, -0.05) is 0 Å². The van der Waals surface area contributed by atoms with E-state index in [1.807, 2.05) is 0 Å². The number of aldehydes is 1. The van der Waals surface area contributed by atoms with Crippen LogP contribution in [0.2, 0.25) is 0 Å². The summed E-state index contributed by atoms with van der Waals surface area (Å²) in [5.74, 6) is -1.94. The van der Waals surface area contributed by atoms with Crippen LogP contribution in [-0.4, -0.2) is 64.6 Å². The molecule has 0 aliphatic carbocycles. The van der Waals surface area contributed by atoms with Crippen molar-refractivity contribution in [1.82, 2.24) is 0 Å². The van der Waals surface area contributed by atoms with Gasteiger partial charge in [0.05, 0.1) is 6.61 Å². The Morgan fingerprint density at radius 3 is 2.17 bits per heavy atom. The topological polar surface area (TPSA) is 130 Å². The van der Waals surface area contributed by atoms with Crippen LogP contribution in [-0.2, 0) is 23.9 Å². The van der Waals surface area contributed by atoms with Crippen molar-refractivity contribution in [2.75, 3.05) is 6.61 Å². The minimum absolute atomic E-state index is 0.132. The molecule has 0 rings (SSSR count). The van der Waals surface area contributed by atoms with E-state index in [1.165, 1.54) is 0 Å². The van der Waals surface area contributed by atoms with E-state index in [2.05, 4.69) is 9.47 Å². The first-order valence-corrected chi connectivity index (χ1v) is 5.13. The predicted molar refractivity (Wildman–Crippen MR) is 56.3 cm³/mol. The maximum absolute atomic E-state index is 11.1. The highest BCUT2D eigenvalue weighted by molar-refractivity contribution is 5.76. The Bertz CT molecular complexity index is 300. The van der Waals surface area contributed by atoms with Gasteiger partial charge in [0.1, 0.15) is 12.2 Å². The Hall–Kier alpha value is -1.51. The summed E-state index contributed by atoms with van der Waals surface area (Å²) in [6, 6.07) is 0. The first-order valence-electron chi connectivity index (χ1n) is 5.13. The molecule has 0 saturated heterocycles. The molecule has 0 aliphatic heterocycles. The molecule has 3 N–H and O–H groups in total. The normalized spacial score (nSPS) is 17.2. The maximum atomic E-state index is 11.1. The van der Waals surface area contributed by atoms with Crippen molar-refractivity contribution >= 4 is 18.2 Å². The van der Waals surface area contributed by atoms with Gasteiger partial charge >= 0.3 is 11.9 Å². The van der Waals surface area contributed by atoms with Crippen LogP contribution in [0.5, 0.6) is 0 Å². The van der Waals surface area contributed by atoms with Gasteiger partial charge in [-0.2, -0.15) is 0 Å². The minimum atomic E-state index is -1.61. The van der Waals surface area contributed by atoms with Gasteiger partial charge in [0.2, 0.25) is 0 Å². The summed E-state index contributed by atoms with van der Waals surface area (Å²) in [5.41, 5.74) is 0. The molecule has 18 heavy (non-hydrogen) atoms. The average Bonchev–Trinajstić information content (AvgIpc) is 2.31. The van der Waals surface area contributed by atoms with Gasteiger partial charge in [0.15, 0.2) is 18.5 Å². The van der Waals surface area contributed by atoms with E-state index in [1.54, 1.807) is 0 Å². The van der Waals surface area contributed by atoms with Crippen molar-refractivity contribution in [2.45, 2.75) is 38.3 Å². The maximum Gasteiger partial charge on any atom is 0.335 e. The van der Waals surface area contributed by atoms with Crippen molar-refractivity contribution in [3.8, 4) is 0 Å². The van der Waals surface area contributed by atoms with Gasteiger partial charge in [0.25, 0.3) is 0 Å². The summed E-state index contributed by atoms with van der Waals surface area (Å²) in [6.07, 6.45) is -6.08. The molecule has 0 aromatic carbocycles. The molecular weight excluding hydrogens is 248 g/mol. The van der Waals surface area contributed by atoms with Crippen molar-refractivity contribution in [1.29, 1.82) is 0 Å². The molecule has 0 aromatic heterocycles. The van der Waals surface area contributed by atoms with Crippen LogP contribution in [0.15, 0.2) is 0 Å². The monoisotopic (exact) mass is 264 g/mol. The quantitative estimate of drug-likeness (QED) is 0.347. The van der Waals surface area contributed by atoms with E-state index in [4.69, 9.17) is 10.2 Å². The second-order valence-corrected chi connectivity index (χ2v) is 3.54. The smallest absolute Gasteiger partial charge is 0.335 e. The molecule has 8 heteroatoms. The van der Waals surface area contributed by atoms with E-state index < -0.39 is 43.0 Å². The number of carbonyl (C=O) groups excluding carboxylic acids is 3. The summed E-state index contributed by atoms with van der Waals surface area (Å²) >= 11 is 0. The second kappa shape index (κ2) is 7.75. The van der Waals surface area contributed by atoms with Crippen LogP contribution in [0.1, 0.15) is 13.8 Å². The lowest BCUT2D eigenvalue weighted by atomic mass is 10.1. The van der Waals surface area contributed by atoms with Crippen molar-refractivity contribution in [3.05, 3.63) is 0 Å². The SMILES string of the molecule is CC(=O)O[C@H]([C@H](O)CO)[C@@H](C=O)OC(=O)C(C)O. The van der Waals surface area contributed by atoms with E-state index in [0.29, 0.717) is 0 Å². The van der Waals surface area contributed by atoms with Crippen molar-refractivity contribution in [3.63, 3.8) is 0 Å². The van der Waals surface area contributed by atoms with E-state index in [9.17, 15) is 19.5 Å². The number of aliphatic hydroxyl groups excluding tert-OH is 3. The van der Waals surface area contributed by atoms with Crippen LogP contribution in [0, 0.1) is 0 Å². The van der Waals surface area contributed by atoms with Crippen LogP contribution in [0.3, 0.4) is 0 Å². The molecule has 0 radical (unpaired) electrons. The Kier molecular flexibility index (Phi) is 7.10. The predicted octanol–water partition coefficient (Wildman–Crippen LogP) is -2.24. The highest BCUT2D eigenvalue weighted by Gasteiger charge is 2.34. The van der Waals surface area contributed by atoms with E-state index in [-0.39, 0.29) is 6.29 Å². The number of carbonyl (C=O) groups is 3. The van der Waals surface area contributed by atoms with Gasteiger partial charge in [-0.3, -0.25) is 9.59 Å². The third-order valence-electron chi connectivity index (χ3n) is 1.92. The number of ether oxygens (including phenoxy) is 2. The third-order valence-corrected chi connectivity index (χ3v) is 1.92. The number of rotatable bonds is 7. The third kappa shape index (κ3) is 5.21. The lowest BCUT2D eigenvalue weighted by Crippen LogP contribution is -2.46. The van der Waals surface area contributed by atoms with Gasteiger partial charge in [0, 0.05) is 6.92 Å². The molecule has 104 valence electrons. The second-order valence-electron chi connectivity index (χ2n) is 3.54. The zero-order valence-corrected chi connectivity index (χ0v) is 9.98. The first-order chi connectivity index (χ1) is 8.33. The lowest BCUT2D eigenvalue weighted by Gasteiger charge is -2.26. The number of esters is 2. The van der Waals surface area contributed by atoms with Gasteiger partial charge in [-0.15, -0.1) is 0 Å². The van der Waals surface area contributed by atoms with Gasteiger partial charge < -0.3 is 24.8 Å². The Labute approximate surface area is 103 Å². The molecule has 0 aromatic rings. The highest BCUT2D eigenvalue weighted by atomic mass is 16.6. The summed E-state index contributed by atoms with van der Waals surface area (Å²) in [6.45, 7) is 1.34. The fraction of sp³-hybridized carbons (Fsp3) is 0.700. The molecule has 0 fully saturated rings. The molecule has 0 bridgehead atoms. The molecule has 8 nitrogen and oxygen atoms in total. The Morgan fingerprint density at radius 1 is 1.28 bits per heavy atom. The number of hydrogen-bond donors (Lipinski definition) is 3. The van der Waals surface area contributed by atoms with Crippen LogP contribution >= 0.6 is 0 Å². The molecule has 0 aliphatic rings. The summed E-state index contributed by atoms with van der Waals surface area (Å²) < 4.78 is 9.14. The fourth-order valence-electron chi connectivity index (χ4n) is 1.06. The van der Waals surface area contributed by atoms with Crippen molar-refractivity contribution < 1.29 is 39.2 Å². The van der Waals surface area contributed by atoms with E-state index >= 15 is 0 Å². The molecule has 1 unspecified atom stereocenters. The molecule has 0 amide bonds. The average molecular weight is 264 g/mol. The summed E-state index contributed by atoms with van der Waals surface area (Å²) in [4.78, 5) is 32.7. The Morgan fingerprint density at radius 2 is 1.83 bits per heavy atom. The molecule has 0 saturated carbocycles. The van der Waals surface area contributed by atoms with Crippen LogP contribution in [0.4, 0.5) is 0 Å². The van der Waals surface area contributed by atoms with Crippen LogP contribution in [0.25, 0.3) is 0 Å². The fourth-order valence-corrected chi connectivity index (χ4v) is 1.06. The molecule has 4 atom stereocenters. The zero-order chi connectivity index (χ0) is 14.3. The number of aliphatic hydroxyl groups is 3. The minimum Gasteiger partial charge on any atom is -0.455 e. The zero-order valence-electron chi connectivity index (χ0n) is 9.98. The Balaban J connectivity index is 4.85. The summed E-state index contributed by atoms with van der Waals surface area (Å²) in [7, 11) is 0. The number of hydrogen-bond acceptors (Lipinski definition) is 8. The van der Waals surface area contributed by atoms with Gasteiger partial charge in [-0.05, 0) is 6.92 Å². The largest absolute Gasteiger partial charge is 0.455 e. The lowest BCUT2D eigenvalue weighted by molar-refractivity contribution is -0.181. The standard InChI is InChI=1S/C10H16O8/c1-5(13)10(16)18-8(4-12)9(7(15)3-11)17-6(2)14/h4-5,7-9,11,13,15H,3H2,1-2H3/t5?,7-,8-,9-/m1/s1. The highest BCUT2D eigenvalue weighted by Crippen LogP contribution is 2.09.